The molecule has 0 bridgehead atoms. The lowest BCUT2D eigenvalue weighted by molar-refractivity contribution is -0.143. The molecule has 0 saturated heterocycles. The quantitative estimate of drug-likeness (QED) is 0.134. The molecular weight excluding hydrogens is 410 g/mol. The summed E-state index contributed by atoms with van der Waals surface area (Å²) in [6, 6.07) is -5.37. The third kappa shape index (κ3) is 10.3. The smallest absolute Gasteiger partial charge is 0.325 e. The van der Waals surface area contributed by atoms with Crippen LogP contribution < -0.4 is 27.4 Å². The lowest BCUT2D eigenvalue weighted by Crippen LogP contribution is -2.57. The summed E-state index contributed by atoms with van der Waals surface area (Å²) in [5, 5.41) is 24.2. The molecule has 164 valence electrons. The molecule has 4 unspecified atom stereocenters. The molecule has 9 N–H and O–H groups in total. The number of hydrogen-bond donors (Lipinski definition) is 8. The van der Waals surface area contributed by atoms with Crippen molar-refractivity contribution in [2.75, 3.05) is 5.75 Å². The molecule has 0 radical (unpaired) electrons. The first kappa shape index (κ1) is 26.1. The van der Waals surface area contributed by atoms with Gasteiger partial charge in [0.15, 0.2) is 0 Å². The third-order valence-electron chi connectivity index (χ3n) is 3.59. The second-order valence-corrected chi connectivity index (χ2v) is 6.45. The van der Waals surface area contributed by atoms with Gasteiger partial charge in [0.05, 0.1) is 12.5 Å². The van der Waals surface area contributed by atoms with Crippen LogP contribution in [0.4, 0.5) is 0 Å². The predicted octanol–water partition coefficient (Wildman–Crippen LogP) is -3.46. The standard InChI is InChI=1S/C15H25N5O8S/c1-6(15(27)28)18-14(26)9(4-11(22)23)20-13(25)8(2-3-10(17)21)19-12(24)7(16)5-29/h6-9,29H,2-5,16H2,1H3,(H2,17,21)(H,18,26)(H,19,24)(H,20,25)(H,22,23)(H,27,28). The number of carboxylic acids is 2. The first-order chi connectivity index (χ1) is 13.4. The van der Waals surface area contributed by atoms with Gasteiger partial charge >= 0.3 is 11.9 Å². The van der Waals surface area contributed by atoms with Crippen molar-refractivity contribution in [3.8, 4) is 0 Å². The topological polar surface area (TPSA) is 231 Å². The Hall–Kier alpha value is -2.87. The zero-order valence-electron chi connectivity index (χ0n) is 15.6. The minimum absolute atomic E-state index is 0.0346. The van der Waals surface area contributed by atoms with E-state index in [4.69, 9.17) is 21.7 Å². The second-order valence-electron chi connectivity index (χ2n) is 6.08. The summed E-state index contributed by atoms with van der Waals surface area (Å²) in [6.07, 6.45) is -1.38. The molecule has 14 heteroatoms. The van der Waals surface area contributed by atoms with Crippen LogP contribution >= 0.6 is 12.6 Å². The number of thiol groups is 1. The molecule has 4 amide bonds. The molecule has 0 saturated carbocycles. The van der Waals surface area contributed by atoms with Gasteiger partial charge in [0.25, 0.3) is 0 Å². The summed E-state index contributed by atoms with van der Waals surface area (Å²) < 4.78 is 0. The van der Waals surface area contributed by atoms with Gasteiger partial charge in [-0.2, -0.15) is 12.6 Å². The Kier molecular flexibility index (Phi) is 11.3. The van der Waals surface area contributed by atoms with E-state index in [2.05, 4.69) is 23.3 Å². The van der Waals surface area contributed by atoms with E-state index in [0.29, 0.717) is 0 Å². The molecule has 0 aromatic heterocycles. The van der Waals surface area contributed by atoms with Crippen molar-refractivity contribution in [3.63, 3.8) is 0 Å². The summed E-state index contributed by atoms with van der Waals surface area (Å²) in [4.78, 5) is 69.4. The first-order valence-corrected chi connectivity index (χ1v) is 9.02. The largest absolute Gasteiger partial charge is 0.481 e. The van der Waals surface area contributed by atoms with E-state index in [9.17, 15) is 28.8 Å². The van der Waals surface area contributed by atoms with Crippen molar-refractivity contribution in [2.45, 2.75) is 50.4 Å². The molecule has 4 atom stereocenters. The van der Waals surface area contributed by atoms with Crippen molar-refractivity contribution < 1.29 is 39.0 Å². The summed E-state index contributed by atoms with van der Waals surface area (Å²) in [6.45, 7) is 1.15. The highest BCUT2D eigenvalue weighted by Gasteiger charge is 2.30. The Balaban J connectivity index is 5.37. The number of hydrogen-bond acceptors (Lipinski definition) is 8. The molecule has 13 nitrogen and oxygen atoms in total. The molecule has 0 aromatic rings. The van der Waals surface area contributed by atoms with Gasteiger partial charge in [-0.15, -0.1) is 0 Å². The number of rotatable bonds is 13. The van der Waals surface area contributed by atoms with Crippen molar-refractivity contribution in [1.82, 2.24) is 16.0 Å². The number of primary amides is 1. The number of carbonyl (C=O) groups excluding carboxylic acids is 4. The van der Waals surface area contributed by atoms with Crippen molar-refractivity contribution >= 4 is 48.2 Å². The molecule has 0 aromatic carbocycles. The van der Waals surface area contributed by atoms with Crippen LogP contribution in [-0.4, -0.2) is 75.7 Å². The summed E-state index contributed by atoms with van der Waals surface area (Å²) in [5.41, 5.74) is 10.5. The fourth-order valence-corrected chi connectivity index (χ4v) is 2.11. The van der Waals surface area contributed by atoms with Crippen LogP contribution in [0.1, 0.15) is 26.2 Å². The van der Waals surface area contributed by atoms with Crippen LogP contribution in [0.15, 0.2) is 0 Å². The minimum Gasteiger partial charge on any atom is -0.481 e. The number of nitrogens with two attached hydrogens (primary N) is 2. The summed E-state index contributed by atoms with van der Waals surface area (Å²) >= 11 is 3.86. The van der Waals surface area contributed by atoms with Gasteiger partial charge in [-0.3, -0.25) is 28.8 Å². The van der Waals surface area contributed by atoms with Crippen LogP contribution in [0.3, 0.4) is 0 Å². The molecule has 0 spiro atoms. The van der Waals surface area contributed by atoms with E-state index < -0.39 is 66.2 Å². The highest BCUT2D eigenvalue weighted by Crippen LogP contribution is 2.02. The van der Waals surface area contributed by atoms with Crippen molar-refractivity contribution in [1.29, 1.82) is 0 Å². The number of carbonyl (C=O) groups is 6. The third-order valence-corrected chi connectivity index (χ3v) is 3.98. The maximum atomic E-state index is 12.5. The number of aliphatic carboxylic acids is 2. The summed E-state index contributed by atoms with van der Waals surface area (Å²) in [7, 11) is 0. The minimum atomic E-state index is -1.63. The average Bonchev–Trinajstić information content (AvgIpc) is 2.62. The van der Waals surface area contributed by atoms with Crippen molar-refractivity contribution in [2.24, 2.45) is 11.5 Å². The van der Waals surface area contributed by atoms with E-state index in [1.54, 1.807) is 0 Å². The van der Waals surface area contributed by atoms with Crippen LogP contribution in [0.2, 0.25) is 0 Å². The molecule has 29 heavy (non-hydrogen) atoms. The van der Waals surface area contributed by atoms with E-state index in [1.807, 2.05) is 5.32 Å². The molecule has 0 rings (SSSR count). The highest BCUT2D eigenvalue weighted by atomic mass is 32.1. The van der Waals surface area contributed by atoms with Gasteiger partial charge in [0.1, 0.15) is 18.1 Å². The number of nitrogens with one attached hydrogen (secondary N) is 3. The normalized spacial score (nSPS) is 14.6. The Bertz CT molecular complexity index is 659. The van der Waals surface area contributed by atoms with Crippen LogP contribution in [0.25, 0.3) is 0 Å². The SMILES string of the molecule is CC(NC(=O)C(CC(=O)O)NC(=O)C(CCC(N)=O)NC(=O)C(N)CS)C(=O)O. The second kappa shape index (κ2) is 12.6. The van der Waals surface area contributed by atoms with E-state index >= 15 is 0 Å². The maximum Gasteiger partial charge on any atom is 0.325 e. The van der Waals surface area contributed by atoms with E-state index in [1.165, 1.54) is 0 Å². The molecule has 0 aliphatic carbocycles. The van der Waals surface area contributed by atoms with Crippen LogP contribution in [-0.2, 0) is 28.8 Å². The average molecular weight is 435 g/mol. The Morgan fingerprint density at radius 2 is 1.45 bits per heavy atom. The van der Waals surface area contributed by atoms with Gasteiger partial charge in [-0.05, 0) is 13.3 Å². The van der Waals surface area contributed by atoms with Gasteiger partial charge in [-0.1, -0.05) is 0 Å². The first-order valence-electron chi connectivity index (χ1n) is 8.39. The zero-order chi connectivity index (χ0) is 22.7. The Morgan fingerprint density at radius 1 is 0.931 bits per heavy atom. The lowest BCUT2D eigenvalue weighted by Gasteiger charge is -2.23. The van der Waals surface area contributed by atoms with Crippen molar-refractivity contribution in [3.05, 3.63) is 0 Å². The number of carboxylic acid groups (broad SMARTS) is 2. The van der Waals surface area contributed by atoms with Gasteiger partial charge < -0.3 is 37.6 Å². The molecule has 0 fully saturated rings. The van der Waals surface area contributed by atoms with E-state index in [-0.39, 0.29) is 18.6 Å². The van der Waals surface area contributed by atoms with Crippen LogP contribution in [0, 0.1) is 0 Å². The Labute approximate surface area is 171 Å². The Morgan fingerprint density at radius 3 is 1.90 bits per heavy atom. The number of amides is 4. The van der Waals surface area contributed by atoms with Gasteiger partial charge in [-0.25, -0.2) is 0 Å². The molecule has 0 aliphatic heterocycles. The lowest BCUT2D eigenvalue weighted by atomic mass is 10.1. The van der Waals surface area contributed by atoms with Gasteiger partial charge in [0.2, 0.25) is 23.6 Å². The fourth-order valence-electron chi connectivity index (χ4n) is 1.95. The van der Waals surface area contributed by atoms with Gasteiger partial charge in [0, 0.05) is 12.2 Å². The fraction of sp³-hybridized carbons (Fsp3) is 0.600. The predicted molar refractivity (Wildman–Crippen MR) is 102 cm³/mol. The summed E-state index contributed by atoms with van der Waals surface area (Å²) in [5.74, 6) is -6.39. The molecule has 0 heterocycles. The van der Waals surface area contributed by atoms with E-state index in [0.717, 1.165) is 6.92 Å². The monoisotopic (exact) mass is 435 g/mol. The molecule has 0 aliphatic rings. The van der Waals surface area contributed by atoms with Crippen LogP contribution in [0.5, 0.6) is 0 Å². The maximum absolute atomic E-state index is 12.5. The molecular formula is C15H25N5O8S. The highest BCUT2D eigenvalue weighted by molar-refractivity contribution is 7.80. The zero-order valence-corrected chi connectivity index (χ0v) is 16.5.